The number of amides is 1. The predicted molar refractivity (Wildman–Crippen MR) is 94.1 cm³/mol. The minimum Gasteiger partial charge on any atom is -0.481 e. The van der Waals surface area contributed by atoms with Gasteiger partial charge in [0.2, 0.25) is 5.88 Å². The van der Waals surface area contributed by atoms with E-state index in [9.17, 15) is 4.79 Å². The largest absolute Gasteiger partial charge is 0.481 e. The van der Waals surface area contributed by atoms with Crippen molar-refractivity contribution in [1.29, 1.82) is 0 Å². The summed E-state index contributed by atoms with van der Waals surface area (Å²) in [6.45, 7) is 2.90. The van der Waals surface area contributed by atoms with Gasteiger partial charge in [-0.1, -0.05) is 0 Å². The smallest absolute Gasteiger partial charge is 0.252 e. The van der Waals surface area contributed by atoms with Crippen molar-refractivity contribution in [2.75, 3.05) is 38.3 Å². The van der Waals surface area contributed by atoms with Gasteiger partial charge in [-0.3, -0.25) is 9.78 Å². The average molecular weight is 355 g/mol. The van der Waals surface area contributed by atoms with Crippen LogP contribution in [0.25, 0.3) is 0 Å². The minimum absolute atomic E-state index is 0.100. The Labute approximate surface area is 151 Å². The zero-order chi connectivity index (χ0) is 17.9. The zero-order valence-corrected chi connectivity index (χ0v) is 14.5. The molecular weight excluding hydrogens is 334 g/mol. The number of anilines is 1. The summed E-state index contributed by atoms with van der Waals surface area (Å²) in [5, 5.41) is 3.00. The standard InChI is InChI=1S/C18H21N5O3/c1-25-17-5-16(21-11-22-17)23-8-14-13(10-26-15(14)9-23)7-20-18(24)12-3-2-4-19-6-12/h2-6,11,13-15H,7-10H2,1H3,(H,20,24)/t13-,14-,15-/m1/s1. The summed E-state index contributed by atoms with van der Waals surface area (Å²) in [4.78, 5) is 26.8. The van der Waals surface area contributed by atoms with Gasteiger partial charge in [-0.05, 0) is 12.1 Å². The highest BCUT2D eigenvalue weighted by Gasteiger charge is 2.44. The minimum atomic E-state index is -0.100. The van der Waals surface area contributed by atoms with Crippen LogP contribution >= 0.6 is 0 Å². The van der Waals surface area contributed by atoms with Crippen LogP contribution in [0.3, 0.4) is 0 Å². The maximum atomic E-state index is 12.2. The van der Waals surface area contributed by atoms with Gasteiger partial charge in [0.15, 0.2) is 0 Å². The number of rotatable bonds is 5. The van der Waals surface area contributed by atoms with Crippen LogP contribution in [-0.2, 0) is 4.74 Å². The third-order valence-corrected chi connectivity index (χ3v) is 5.05. The predicted octanol–water partition coefficient (Wildman–Crippen LogP) is 0.761. The maximum Gasteiger partial charge on any atom is 0.252 e. The van der Waals surface area contributed by atoms with Crippen LogP contribution in [0.4, 0.5) is 5.82 Å². The Morgan fingerprint density at radius 3 is 3.15 bits per heavy atom. The van der Waals surface area contributed by atoms with Gasteiger partial charge in [0, 0.05) is 49.9 Å². The van der Waals surface area contributed by atoms with Gasteiger partial charge in [-0.25, -0.2) is 9.97 Å². The Hall–Kier alpha value is -2.74. The molecule has 0 bridgehead atoms. The van der Waals surface area contributed by atoms with Crippen molar-refractivity contribution in [2.24, 2.45) is 11.8 Å². The molecule has 2 aromatic rings. The molecule has 0 spiro atoms. The van der Waals surface area contributed by atoms with Gasteiger partial charge < -0.3 is 19.7 Å². The number of hydrogen-bond acceptors (Lipinski definition) is 7. The molecule has 0 aliphatic carbocycles. The first kappa shape index (κ1) is 16.7. The van der Waals surface area contributed by atoms with Crippen molar-refractivity contribution in [3.63, 3.8) is 0 Å². The average Bonchev–Trinajstić information content (AvgIpc) is 3.28. The molecule has 1 amide bonds. The number of ether oxygens (including phenoxy) is 2. The highest BCUT2D eigenvalue weighted by molar-refractivity contribution is 5.93. The lowest BCUT2D eigenvalue weighted by Crippen LogP contribution is -2.34. The Kier molecular flexibility index (Phi) is 4.66. The van der Waals surface area contributed by atoms with Gasteiger partial charge in [0.1, 0.15) is 12.1 Å². The molecule has 0 aromatic carbocycles. The van der Waals surface area contributed by atoms with Crippen LogP contribution in [-0.4, -0.2) is 60.3 Å². The number of pyridine rings is 1. The van der Waals surface area contributed by atoms with Gasteiger partial charge >= 0.3 is 0 Å². The van der Waals surface area contributed by atoms with E-state index in [1.165, 1.54) is 6.33 Å². The number of methoxy groups -OCH3 is 1. The molecule has 2 aliphatic heterocycles. The molecule has 2 saturated heterocycles. The summed E-state index contributed by atoms with van der Waals surface area (Å²) >= 11 is 0. The van der Waals surface area contributed by atoms with E-state index >= 15 is 0 Å². The van der Waals surface area contributed by atoms with E-state index in [0.29, 0.717) is 30.5 Å². The topological polar surface area (TPSA) is 89.5 Å². The Morgan fingerprint density at radius 2 is 2.35 bits per heavy atom. The van der Waals surface area contributed by atoms with Crippen LogP contribution in [0.5, 0.6) is 5.88 Å². The highest BCUT2D eigenvalue weighted by Crippen LogP contribution is 2.35. The normalized spacial score (nSPS) is 24.3. The molecule has 0 unspecified atom stereocenters. The summed E-state index contributed by atoms with van der Waals surface area (Å²) in [5.74, 6) is 1.94. The van der Waals surface area contributed by atoms with E-state index in [1.807, 2.05) is 6.07 Å². The first-order chi connectivity index (χ1) is 12.7. The fourth-order valence-corrected chi connectivity index (χ4v) is 3.63. The molecule has 136 valence electrons. The Balaban J connectivity index is 1.36. The molecule has 1 N–H and O–H groups in total. The van der Waals surface area contributed by atoms with Crippen LogP contribution in [0.15, 0.2) is 36.9 Å². The Morgan fingerprint density at radius 1 is 1.42 bits per heavy atom. The first-order valence-electron chi connectivity index (χ1n) is 8.65. The fourth-order valence-electron chi connectivity index (χ4n) is 3.63. The number of fused-ring (bicyclic) bond motifs is 1. The molecule has 0 saturated carbocycles. The van der Waals surface area contributed by atoms with E-state index in [-0.39, 0.29) is 17.9 Å². The number of nitrogens with zero attached hydrogens (tertiary/aromatic N) is 4. The van der Waals surface area contributed by atoms with E-state index < -0.39 is 0 Å². The fraction of sp³-hybridized carbons (Fsp3) is 0.444. The molecular formula is C18H21N5O3. The van der Waals surface area contributed by atoms with E-state index in [4.69, 9.17) is 9.47 Å². The zero-order valence-electron chi connectivity index (χ0n) is 14.5. The molecule has 26 heavy (non-hydrogen) atoms. The maximum absolute atomic E-state index is 12.2. The van der Waals surface area contributed by atoms with Crippen LogP contribution in [0, 0.1) is 11.8 Å². The van der Waals surface area contributed by atoms with E-state index in [0.717, 1.165) is 18.9 Å². The summed E-state index contributed by atoms with van der Waals surface area (Å²) in [5.41, 5.74) is 0.573. The third-order valence-electron chi connectivity index (χ3n) is 5.05. The second kappa shape index (κ2) is 7.25. The molecule has 4 heterocycles. The van der Waals surface area contributed by atoms with Crippen LogP contribution in [0.1, 0.15) is 10.4 Å². The van der Waals surface area contributed by atoms with E-state index in [1.54, 1.807) is 31.6 Å². The second-order valence-electron chi connectivity index (χ2n) is 6.57. The van der Waals surface area contributed by atoms with E-state index in [2.05, 4.69) is 25.2 Å². The molecule has 2 aromatic heterocycles. The van der Waals surface area contributed by atoms with Gasteiger partial charge in [-0.2, -0.15) is 0 Å². The molecule has 0 radical (unpaired) electrons. The summed E-state index contributed by atoms with van der Waals surface area (Å²) < 4.78 is 11.1. The lowest BCUT2D eigenvalue weighted by molar-refractivity contribution is 0.0939. The molecule has 8 nitrogen and oxygen atoms in total. The van der Waals surface area contributed by atoms with Crippen LogP contribution in [0.2, 0.25) is 0 Å². The van der Waals surface area contributed by atoms with Gasteiger partial charge in [0.25, 0.3) is 5.91 Å². The lowest BCUT2D eigenvalue weighted by atomic mass is 9.93. The van der Waals surface area contributed by atoms with Crippen molar-refractivity contribution in [3.05, 3.63) is 42.5 Å². The molecule has 4 rings (SSSR count). The Bertz CT molecular complexity index is 772. The number of nitrogens with one attached hydrogen (secondary N) is 1. The third kappa shape index (κ3) is 3.32. The first-order valence-corrected chi connectivity index (χ1v) is 8.65. The monoisotopic (exact) mass is 355 g/mol. The summed E-state index contributed by atoms with van der Waals surface area (Å²) in [7, 11) is 1.59. The molecule has 3 atom stereocenters. The van der Waals surface area contributed by atoms with Crippen molar-refractivity contribution in [1.82, 2.24) is 20.3 Å². The summed E-state index contributed by atoms with van der Waals surface area (Å²) in [6.07, 6.45) is 4.90. The number of hydrogen-bond donors (Lipinski definition) is 1. The molecule has 2 aliphatic rings. The number of carbonyl (C=O) groups excluding carboxylic acids is 1. The van der Waals surface area contributed by atoms with Crippen molar-refractivity contribution in [2.45, 2.75) is 6.10 Å². The summed E-state index contributed by atoms with van der Waals surface area (Å²) in [6, 6.07) is 5.35. The second-order valence-corrected chi connectivity index (χ2v) is 6.57. The molecule has 8 heteroatoms. The van der Waals surface area contributed by atoms with Crippen molar-refractivity contribution >= 4 is 11.7 Å². The number of aromatic nitrogens is 3. The number of carbonyl (C=O) groups is 1. The van der Waals surface area contributed by atoms with Gasteiger partial charge in [0.05, 0.1) is 25.4 Å². The highest BCUT2D eigenvalue weighted by atomic mass is 16.5. The molecule has 2 fully saturated rings. The SMILES string of the molecule is COc1cc(N2C[C@@H]3[C@H](CNC(=O)c4cccnc4)CO[C@@H]3C2)ncn1. The van der Waals surface area contributed by atoms with Crippen molar-refractivity contribution < 1.29 is 14.3 Å². The van der Waals surface area contributed by atoms with Crippen LogP contribution < -0.4 is 15.0 Å². The van der Waals surface area contributed by atoms with Gasteiger partial charge in [-0.15, -0.1) is 0 Å². The lowest BCUT2D eigenvalue weighted by Gasteiger charge is -2.21. The quantitative estimate of drug-likeness (QED) is 0.847. The van der Waals surface area contributed by atoms with Crippen molar-refractivity contribution in [3.8, 4) is 5.88 Å².